The summed E-state index contributed by atoms with van der Waals surface area (Å²) in [4.78, 5) is 0. The zero-order chi connectivity index (χ0) is 6.24. The van der Waals surface area contributed by atoms with Crippen LogP contribution in [0.2, 0.25) is 0 Å². The van der Waals surface area contributed by atoms with Gasteiger partial charge in [0.05, 0.1) is 0 Å². The summed E-state index contributed by atoms with van der Waals surface area (Å²) in [5.74, 6) is 0. The van der Waals surface area contributed by atoms with Gasteiger partial charge in [-0.3, -0.25) is 0 Å². The molecule has 42 valence electrons. The van der Waals surface area contributed by atoms with Crippen molar-refractivity contribution in [3.8, 4) is 0 Å². The minimum Gasteiger partial charge on any atom is -0.0913 e. The maximum atomic E-state index is 3.37. The molecule has 0 aromatic rings. The van der Waals surface area contributed by atoms with Crippen molar-refractivity contribution in [1.29, 1.82) is 0 Å². The lowest BCUT2D eigenvalue weighted by atomic mass is 10.4. The summed E-state index contributed by atoms with van der Waals surface area (Å²) < 4.78 is 0. The molecule has 0 aromatic heterocycles. The van der Waals surface area contributed by atoms with Gasteiger partial charge < -0.3 is 0 Å². The van der Waals surface area contributed by atoms with Gasteiger partial charge in [-0.05, 0) is 26.0 Å². The fourth-order valence-electron chi connectivity index (χ4n) is 0.335. The standard InChI is InChI=1S/C8H10/c1-3-5-7-8-6-4-2/h4,6-7H,1,8H2,2H3. The maximum absolute atomic E-state index is 3.37. The third-order valence-electron chi connectivity index (χ3n) is 0.694. The molecule has 0 aliphatic carbocycles. The largest absolute Gasteiger partial charge is 0.0913 e. The topological polar surface area (TPSA) is 0 Å². The zero-order valence-electron chi connectivity index (χ0n) is 5.15. The second kappa shape index (κ2) is 6.04. The molecule has 0 aliphatic rings. The van der Waals surface area contributed by atoms with Crippen molar-refractivity contribution >= 4 is 0 Å². The highest BCUT2D eigenvalue weighted by atomic mass is 13.7. The third-order valence-corrected chi connectivity index (χ3v) is 0.694. The first-order chi connectivity index (χ1) is 3.91. The van der Waals surface area contributed by atoms with E-state index in [1.54, 1.807) is 0 Å². The molecule has 0 fully saturated rings. The molecule has 0 radical (unpaired) electrons. The van der Waals surface area contributed by atoms with E-state index < -0.39 is 0 Å². The molecule has 0 aliphatic heterocycles. The van der Waals surface area contributed by atoms with Crippen LogP contribution < -0.4 is 0 Å². The van der Waals surface area contributed by atoms with Crippen LogP contribution >= 0.6 is 0 Å². The van der Waals surface area contributed by atoms with E-state index in [1.807, 2.05) is 25.2 Å². The average molecular weight is 106 g/mol. The zero-order valence-corrected chi connectivity index (χ0v) is 5.15. The molecule has 0 saturated heterocycles. The van der Waals surface area contributed by atoms with Gasteiger partial charge in [0.25, 0.3) is 0 Å². The fraction of sp³-hybridized carbons (Fsp3) is 0.250. The second-order valence-corrected chi connectivity index (χ2v) is 1.33. The number of rotatable bonds is 2. The van der Waals surface area contributed by atoms with E-state index in [9.17, 15) is 0 Å². The lowest BCUT2D eigenvalue weighted by Gasteiger charge is -1.70. The van der Waals surface area contributed by atoms with Crippen molar-refractivity contribution in [2.75, 3.05) is 0 Å². The van der Waals surface area contributed by atoms with Gasteiger partial charge in [0, 0.05) is 0 Å². The summed E-state index contributed by atoms with van der Waals surface area (Å²) in [6.07, 6.45) is 6.86. The SMILES string of the molecule is C=C=C=CCC=CC. The van der Waals surface area contributed by atoms with Crippen LogP contribution in [0.1, 0.15) is 13.3 Å². The van der Waals surface area contributed by atoms with E-state index >= 15 is 0 Å². The Labute approximate surface area is 50.5 Å². The summed E-state index contributed by atoms with van der Waals surface area (Å²) in [7, 11) is 0. The van der Waals surface area contributed by atoms with Crippen molar-refractivity contribution in [1.82, 2.24) is 0 Å². The third kappa shape index (κ3) is 5.04. The van der Waals surface area contributed by atoms with Crippen molar-refractivity contribution in [3.63, 3.8) is 0 Å². The Kier molecular flexibility index (Phi) is 5.32. The Morgan fingerprint density at radius 3 is 2.88 bits per heavy atom. The van der Waals surface area contributed by atoms with E-state index in [2.05, 4.69) is 18.0 Å². The molecular formula is C8H10. The highest BCUT2D eigenvalue weighted by Gasteiger charge is 1.61. The van der Waals surface area contributed by atoms with Gasteiger partial charge in [-0.15, -0.1) is 0 Å². The van der Waals surface area contributed by atoms with Gasteiger partial charge in [0.15, 0.2) is 0 Å². The molecule has 0 bridgehead atoms. The Morgan fingerprint density at radius 2 is 2.38 bits per heavy atom. The first-order valence-corrected chi connectivity index (χ1v) is 2.62. The van der Waals surface area contributed by atoms with Gasteiger partial charge >= 0.3 is 0 Å². The van der Waals surface area contributed by atoms with Crippen LogP contribution in [-0.2, 0) is 0 Å². The van der Waals surface area contributed by atoms with Crippen molar-refractivity contribution in [2.45, 2.75) is 13.3 Å². The molecule has 0 unspecified atom stereocenters. The smallest absolute Gasteiger partial charge is 0.00866 e. The summed E-state index contributed by atoms with van der Waals surface area (Å²) in [6.45, 7) is 5.36. The molecule has 0 rings (SSSR count). The lowest BCUT2D eigenvalue weighted by Crippen LogP contribution is -1.50. The van der Waals surface area contributed by atoms with Crippen molar-refractivity contribution < 1.29 is 0 Å². The van der Waals surface area contributed by atoms with Gasteiger partial charge in [0.2, 0.25) is 0 Å². The van der Waals surface area contributed by atoms with Crippen molar-refractivity contribution in [3.05, 3.63) is 36.3 Å². The van der Waals surface area contributed by atoms with Crippen LogP contribution in [0.3, 0.4) is 0 Å². The highest BCUT2D eigenvalue weighted by molar-refractivity contribution is 4.90. The van der Waals surface area contributed by atoms with E-state index in [0.29, 0.717) is 0 Å². The normalized spacial score (nSPS) is 8.12. The predicted octanol–water partition coefficient (Wildman–Crippen LogP) is 2.45. The number of hydrogen-bond donors (Lipinski definition) is 0. The van der Waals surface area contributed by atoms with Gasteiger partial charge in [-0.1, -0.05) is 23.6 Å². The minimum atomic E-state index is 0.930. The van der Waals surface area contributed by atoms with E-state index in [4.69, 9.17) is 0 Å². The van der Waals surface area contributed by atoms with Gasteiger partial charge in [-0.25, -0.2) is 0 Å². The van der Waals surface area contributed by atoms with Gasteiger partial charge in [0.1, 0.15) is 0 Å². The van der Waals surface area contributed by atoms with E-state index in [1.165, 1.54) is 0 Å². The van der Waals surface area contributed by atoms with Crippen LogP contribution in [-0.4, -0.2) is 0 Å². The van der Waals surface area contributed by atoms with Crippen LogP contribution in [0.15, 0.2) is 36.3 Å². The minimum absolute atomic E-state index is 0.930. The van der Waals surface area contributed by atoms with Crippen molar-refractivity contribution in [2.24, 2.45) is 0 Å². The molecule has 0 heteroatoms. The number of hydrogen-bond acceptors (Lipinski definition) is 0. The molecule has 0 atom stereocenters. The highest BCUT2D eigenvalue weighted by Crippen LogP contribution is 1.80. The maximum Gasteiger partial charge on any atom is -0.00866 e. The Hall–Kier alpha value is -0.960. The quantitative estimate of drug-likeness (QED) is 0.374. The van der Waals surface area contributed by atoms with E-state index in [0.717, 1.165) is 6.42 Å². The van der Waals surface area contributed by atoms with Crippen LogP contribution in [0.25, 0.3) is 0 Å². The molecule has 8 heavy (non-hydrogen) atoms. The summed E-state index contributed by atoms with van der Waals surface area (Å²) in [5, 5.41) is 0. The molecule has 0 heterocycles. The Morgan fingerprint density at radius 1 is 1.62 bits per heavy atom. The molecular weight excluding hydrogens is 96.1 g/mol. The molecule has 0 amide bonds. The van der Waals surface area contributed by atoms with E-state index in [-0.39, 0.29) is 0 Å². The number of allylic oxidation sites excluding steroid dienone is 3. The summed E-state index contributed by atoms with van der Waals surface area (Å²) in [6, 6.07) is 0. The van der Waals surface area contributed by atoms with Crippen LogP contribution in [0.5, 0.6) is 0 Å². The second-order valence-electron chi connectivity index (χ2n) is 1.33. The molecule has 0 nitrogen and oxygen atoms in total. The van der Waals surface area contributed by atoms with Crippen LogP contribution in [0, 0.1) is 0 Å². The molecule has 0 aromatic carbocycles. The first kappa shape index (κ1) is 7.04. The predicted molar refractivity (Wildman–Crippen MR) is 36.7 cm³/mol. The Bertz CT molecular complexity index is 139. The summed E-state index contributed by atoms with van der Waals surface area (Å²) in [5.41, 5.74) is 5.28. The van der Waals surface area contributed by atoms with Crippen LogP contribution in [0.4, 0.5) is 0 Å². The fourth-order valence-corrected chi connectivity index (χ4v) is 0.335. The monoisotopic (exact) mass is 106 g/mol. The molecule has 0 spiro atoms. The summed E-state index contributed by atoms with van der Waals surface area (Å²) >= 11 is 0. The lowest BCUT2D eigenvalue weighted by molar-refractivity contribution is 1.39. The molecule has 0 saturated carbocycles. The Balaban J connectivity index is 3.45. The molecule has 0 N–H and O–H groups in total. The first-order valence-electron chi connectivity index (χ1n) is 2.62. The van der Waals surface area contributed by atoms with Gasteiger partial charge in [-0.2, -0.15) is 0 Å². The average Bonchev–Trinajstić information content (AvgIpc) is 1.81.